The molecule has 3 unspecified atom stereocenters. The fourth-order valence-corrected chi connectivity index (χ4v) is 5.19. The molecule has 7 nitrogen and oxygen atoms in total. The second-order valence-corrected chi connectivity index (χ2v) is 8.42. The van der Waals surface area contributed by atoms with Gasteiger partial charge in [-0.25, -0.2) is 0 Å². The molecule has 1 aromatic rings. The third-order valence-corrected chi connectivity index (χ3v) is 6.83. The van der Waals surface area contributed by atoms with Crippen LogP contribution >= 0.6 is 0 Å². The van der Waals surface area contributed by atoms with Gasteiger partial charge in [0.25, 0.3) is 0 Å². The summed E-state index contributed by atoms with van der Waals surface area (Å²) in [5, 5.41) is 3.38. The van der Waals surface area contributed by atoms with Gasteiger partial charge in [0.15, 0.2) is 0 Å². The van der Waals surface area contributed by atoms with Gasteiger partial charge < -0.3 is 32.8 Å². The zero-order valence-corrected chi connectivity index (χ0v) is 17.7. The van der Waals surface area contributed by atoms with Crippen molar-refractivity contribution in [3.05, 3.63) is 30.3 Å². The first-order valence-corrected chi connectivity index (χ1v) is 10.8. The Labute approximate surface area is 158 Å². The fraction of sp³-hybridized carbons (Fsp3) is 0.667. The molecular formula is C18H33NO6Si. The SMILES string of the molecule is COC(C)O[Si](CCCNc1ccccc1)(OC(C)OC)OC(C)OC. The molecule has 0 bridgehead atoms. The van der Waals surface area contributed by atoms with Gasteiger partial charge in [-0.05, 0) is 39.3 Å². The smallest absolute Gasteiger partial charge is 0.385 e. The predicted molar refractivity (Wildman–Crippen MR) is 103 cm³/mol. The zero-order chi connectivity index (χ0) is 19.4. The summed E-state index contributed by atoms with van der Waals surface area (Å²) in [6, 6.07) is 10.6. The van der Waals surface area contributed by atoms with Crippen molar-refractivity contribution in [1.82, 2.24) is 0 Å². The van der Waals surface area contributed by atoms with E-state index in [4.69, 9.17) is 27.5 Å². The first-order valence-electron chi connectivity index (χ1n) is 8.85. The van der Waals surface area contributed by atoms with Crippen molar-refractivity contribution in [2.24, 2.45) is 0 Å². The van der Waals surface area contributed by atoms with Gasteiger partial charge in [0.05, 0.1) is 0 Å². The van der Waals surface area contributed by atoms with E-state index in [0.717, 1.165) is 18.7 Å². The molecule has 0 fully saturated rings. The number of hydrogen-bond acceptors (Lipinski definition) is 7. The van der Waals surface area contributed by atoms with Gasteiger partial charge in [-0.3, -0.25) is 0 Å². The third-order valence-electron chi connectivity index (χ3n) is 3.80. The largest absolute Gasteiger partial charge is 0.506 e. The first-order chi connectivity index (χ1) is 12.4. The van der Waals surface area contributed by atoms with Gasteiger partial charge in [0.1, 0.15) is 18.9 Å². The van der Waals surface area contributed by atoms with E-state index in [1.54, 1.807) is 21.3 Å². The second-order valence-electron chi connectivity index (χ2n) is 5.84. The summed E-state index contributed by atoms with van der Waals surface area (Å²) in [5.74, 6) is 0. The van der Waals surface area contributed by atoms with Crippen LogP contribution in [0, 0.1) is 0 Å². The number of rotatable bonds is 14. The molecule has 0 heterocycles. The van der Waals surface area contributed by atoms with Crippen LogP contribution in [-0.2, 0) is 27.5 Å². The van der Waals surface area contributed by atoms with Gasteiger partial charge in [-0.1, -0.05) is 18.2 Å². The Morgan fingerprint density at radius 3 is 1.69 bits per heavy atom. The van der Waals surface area contributed by atoms with E-state index in [2.05, 4.69) is 5.32 Å². The number of methoxy groups -OCH3 is 3. The lowest BCUT2D eigenvalue weighted by Gasteiger charge is -2.35. The minimum atomic E-state index is -3.10. The lowest BCUT2D eigenvalue weighted by molar-refractivity contribution is -0.163. The molecule has 150 valence electrons. The monoisotopic (exact) mass is 387 g/mol. The van der Waals surface area contributed by atoms with Crippen LogP contribution in [0.5, 0.6) is 0 Å². The molecule has 1 rings (SSSR count). The Balaban J connectivity index is 2.76. The molecule has 0 aliphatic heterocycles. The van der Waals surface area contributed by atoms with E-state index in [0.29, 0.717) is 6.04 Å². The molecule has 0 saturated heterocycles. The number of hydrogen-bond donors (Lipinski definition) is 1. The van der Waals surface area contributed by atoms with E-state index in [1.807, 2.05) is 51.1 Å². The summed E-state index contributed by atoms with van der Waals surface area (Å²) in [6.07, 6.45) is -0.588. The number of ether oxygens (including phenoxy) is 3. The van der Waals surface area contributed by atoms with Gasteiger partial charge in [-0.2, -0.15) is 0 Å². The maximum Gasteiger partial charge on any atom is 0.506 e. The van der Waals surface area contributed by atoms with Gasteiger partial charge in [0.2, 0.25) is 0 Å². The number of benzene rings is 1. The molecule has 0 aliphatic carbocycles. The van der Waals surface area contributed by atoms with Crippen LogP contribution in [0.4, 0.5) is 5.69 Å². The van der Waals surface area contributed by atoms with Gasteiger partial charge in [0, 0.05) is 39.6 Å². The van der Waals surface area contributed by atoms with Crippen molar-refractivity contribution in [2.75, 3.05) is 33.2 Å². The van der Waals surface area contributed by atoms with Crippen LogP contribution in [0.1, 0.15) is 27.2 Å². The second kappa shape index (κ2) is 12.4. The maximum absolute atomic E-state index is 6.07. The topological polar surface area (TPSA) is 67.4 Å². The van der Waals surface area contributed by atoms with Crippen molar-refractivity contribution < 1.29 is 27.5 Å². The highest BCUT2D eigenvalue weighted by Crippen LogP contribution is 2.24. The lowest BCUT2D eigenvalue weighted by atomic mass is 10.3. The van der Waals surface area contributed by atoms with Crippen LogP contribution in [-0.4, -0.2) is 55.5 Å². The Morgan fingerprint density at radius 2 is 1.27 bits per heavy atom. The molecule has 3 atom stereocenters. The average Bonchev–Trinajstić information content (AvgIpc) is 2.65. The van der Waals surface area contributed by atoms with E-state index >= 15 is 0 Å². The van der Waals surface area contributed by atoms with Gasteiger partial charge >= 0.3 is 8.80 Å². The van der Waals surface area contributed by atoms with Crippen molar-refractivity contribution >= 4 is 14.5 Å². The Morgan fingerprint density at radius 1 is 0.808 bits per heavy atom. The molecule has 0 aromatic heterocycles. The van der Waals surface area contributed by atoms with Crippen molar-refractivity contribution in [2.45, 2.75) is 52.1 Å². The van der Waals surface area contributed by atoms with Gasteiger partial charge in [-0.15, -0.1) is 0 Å². The number of nitrogens with one attached hydrogen (secondary N) is 1. The van der Waals surface area contributed by atoms with Crippen molar-refractivity contribution in [3.8, 4) is 0 Å². The minimum absolute atomic E-state index is 0.461. The minimum Gasteiger partial charge on any atom is -0.385 e. The quantitative estimate of drug-likeness (QED) is 0.298. The van der Waals surface area contributed by atoms with E-state index in [-0.39, 0.29) is 0 Å². The Bertz CT molecular complexity index is 447. The highest BCUT2D eigenvalue weighted by atomic mass is 28.4. The molecule has 0 amide bonds. The van der Waals surface area contributed by atoms with E-state index in [9.17, 15) is 0 Å². The summed E-state index contributed by atoms with van der Waals surface area (Å²) in [7, 11) is 1.65. The lowest BCUT2D eigenvalue weighted by Crippen LogP contribution is -2.52. The van der Waals surface area contributed by atoms with Crippen molar-refractivity contribution in [3.63, 3.8) is 0 Å². The molecule has 0 radical (unpaired) electrons. The third kappa shape index (κ3) is 8.59. The number of anilines is 1. The highest BCUT2D eigenvalue weighted by Gasteiger charge is 2.45. The van der Waals surface area contributed by atoms with Crippen LogP contribution < -0.4 is 5.32 Å². The summed E-state index contributed by atoms with van der Waals surface area (Å²) in [6.45, 7) is 6.20. The van der Waals surface area contributed by atoms with Crippen LogP contribution in [0.25, 0.3) is 0 Å². The summed E-state index contributed by atoms with van der Waals surface area (Å²) < 4.78 is 34.0. The molecule has 1 aromatic carbocycles. The predicted octanol–water partition coefficient (Wildman–Crippen LogP) is 3.45. The summed E-state index contributed by atoms with van der Waals surface area (Å²) in [5.41, 5.74) is 1.07. The normalized spacial score (nSPS) is 17.3. The highest BCUT2D eigenvalue weighted by molar-refractivity contribution is 6.60. The molecule has 0 saturated carbocycles. The molecule has 8 heteroatoms. The fourth-order valence-electron chi connectivity index (χ4n) is 2.26. The Kier molecular flexibility index (Phi) is 11.0. The molecular weight excluding hydrogens is 354 g/mol. The molecule has 1 N–H and O–H groups in total. The molecule has 0 aliphatic rings. The standard InChI is InChI=1S/C18H33NO6Si/c1-15(20-4)23-26(24-16(2)21-5,25-17(3)22-6)14-10-13-19-18-11-8-7-9-12-18/h7-9,11-12,15-17,19H,10,13-14H2,1-6H3. The summed E-state index contributed by atoms with van der Waals surface area (Å²) >= 11 is 0. The molecule has 26 heavy (non-hydrogen) atoms. The Hall–Kier alpha value is -1.00. The molecule has 0 spiro atoms. The first kappa shape index (κ1) is 23.0. The van der Waals surface area contributed by atoms with E-state index in [1.165, 1.54) is 0 Å². The van der Waals surface area contributed by atoms with Crippen LogP contribution in [0.15, 0.2) is 30.3 Å². The maximum atomic E-state index is 6.07. The van der Waals surface area contributed by atoms with Crippen LogP contribution in [0.3, 0.4) is 0 Å². The number of para-hydroxylation sites is 1. The van der Waals surface area contributed by atoms with E-state index < -0.39 is 27.7 Å². The summed E-state index contributed by atoms with van der Waals surface area (Å²) in [4.78, 5) is 0. The average molecular weight is 388 g/mol. The van der Waals surface area contributed by atoms with Crippen LogP contribution in [0.2, 0.25) is 6.04 Å². The van der Waals surface area contributed by atoms with Crippen molar-refractivity contribution in [1.29, 1.82) is 0 Å². The zero-order valence-electron chi connectivity index (χ0n) is 16.7.